The lowest BCUT2D eigenvalue weighted by Crippen LogP contribution is -2.04. The van der Waals surface area contributed by atoms with E-state index in [1.165, 1.54) is 0 Å². The van der Waals surface area contributed by atoms with Crippen LogP contribution in [-0.4, -0.2) is 27.3 Å². The van der Waals surface area contributed by atoms with E-state index >= 15 is 0 Å². The van der Waals surface area contributed by atoms with Crippen LogP contribution in [0.3, 0.4) is 0 Å². The van der Waals surface area contributed by atoms with Gasteiger partial charge in [-0.2, -0.15) is 0 Å². The number of carbonyl (C=O) groups excluding carboxylic acids is 1. The maximum atomic E-state index is 11.5. The molecule has 0 radical (unpaired) electrons. The molecule has 3 aromatic rings. The number of hydrogen-bond acceptors (Lipinski definition) is 5. The third kappa shape index (κ3) is 2.82. The summed E-state index contributed by atoms with van der Waals surface area (Å²) in [5.41, 5.74) is 1.04. The molecule has 0 N–H and O–H groups in total. The highest BCUT2D eigenvalue weighted by atomic mass is 79.9. The third-order valence-electron chi connectivity index (χ3n) is 2.96. The van der Waals surface area contributed by atoms with E-state index < -0.39 is 5.97 Å². The van der Waals surface area contributed by atoms with Crippen molar-refractivity contribution in [3.63, 3.8) is 0 Å². The highest BCUT2D eigenvalue weighted by molar-refractivity contribution is 9.10. The summed E-state index contributed by atoms with van der Waals surface area (Å²) in [6.07, 6.45) is 1.94. The van der Waals surface area contributed by atoms with Crippen molar-refractivity contribution in [3.05, 3.63) is 46.7 Å². The molecule has 0 saturated heterocycles. The lowest BCUT2D eigenvalue weighted by atomic mass is 10.2. The fraction of sp³-hybridized carbons (Fsp3) is 0.214. The number of rotatable bonds is 4. The zero-order chi connectivity index (χ0) is 14.8. The minimum Gasteiger partial charge on any atom is -0.459 e. The second-order valence-corrected chi connectivity index (χ2v) is 5.28. The number of ether oxygens (including phenoxy) is 1. The summed E-state index contributed by atoms with van der Waals surface area (Å²) < 4.78 is 13.1. The van der Waals surface area contributed by atoms with Gasteiger partial charge in [0.05, 0.1) is 6.61 Å². The topological polar surface area (TPSA) is 70.2 Å². The van der Waals surface area contributed by atoms with E-state index in [4.69, 9.17) is 9.15 Å². The maximum absolute atomic E-state index is 11.5. The fourth-order valence-corrected chi connectivity index (χ4v) is 2.38. The van der Waals surface area contributed by atoms with Crippen LogP contribution in [0.4, 0.5) is 0 Å². The Morgan fingerprint density at radius 3 is 3.05 bits per heavy atom. The summed E-state index contributed by atoms with van der Waals surface area (Å²) >= 11 is 3.45. The molecule has 0 aliphatic carbocycles. The Bertz CT molecular complexity index is 794. The molecule has 0 bridgehead atoms. The SMILES string of the molecule is CCOC(=O)c1nnc(Cn2ccc3ccc(Br)cc32)o1. The third-order valence-corrected chi connectivity index (χ3v) is 3.45. The van der Waals surface area contributed by atoms with Crippen LogP contribution in [0, 0.1) is 0 Å². The first kappa shape index (κ1) is 13.8. The molecule has 108 valence electrons. The number of nitrogens with zero attached hydrogens (tertiary/aromatic N) is 3. The monoisotopic (exact) mass is 349 g/mol. The molecule has 0 aliphatic rings. The molecule has 0 amide bonds. The standard InChI is InChI=1S/C14H12BrN3O3/c1-2-20-14(19)13-17-16-12(21-13)8-18-6-5-9-3-4-10(15)7-11(9)18/h3-7H,2,8H2,1H3. The van der Waals surface area contributed by atoms with E-state index in [0.717, 1.165) is 15.4 Å². The molecule has 0 spiro atoms. The molecule has 0 fully saturated rings. The van der Waals surface area contributed by atoms with Crippen molar-refractivity contribution in [1.29, 1.82) is 0 Å². The molecule has 6 nitrogen and oxygen atoms in total. The molecule has 3 rings (SSSR count). The number of halogens is 1. The van der Waals surface area contributed by atoms with Crippen LogP contribution in [0.5, 0.6) is 0 Å². The summed E-state index contributed by atoms with van der Waals surface area (Å²) in [7, 11) is 0. The first-order valence-corrected chi connectivity index (χ1v) is 7.20. The second kappa shape index (κ2) is 5.69. The van der Waals surface area contributed by atoms with Crippen LogP contribution in [0.15, 0.2) is 39.4 Å². The molecular weight excluding hydrogens is 338 g/mol. The first-order valence-electron chi connectivity index (χ1n) is 6.41. The van der Waals surface area contributed by atoms with Crippen molar-refractivity contribution >= 4 is 32.8 Å². The van der Waals surface area contributed by atoms with Crippen molar-refractivity contribution < 1.29 is 13.9 Å². The number of fused-ring (bicyclic) bond motifs is 1. The highest BCUT2D eigenvalue weighted by Crippen LogP contribution is 2.21. The molecule has 0 aliphatic heterocycles. The Labute approximate surface area is 128 Å². The summed E-state index contributed by atoms with van der Waals surface area (Å²) in [6, 6.07) is 8.02. The average molecular weight is 350 g/mol. The van der Waals surface area contributed by atoms with E-state index in [-0.39, 0.29) is 12.5 Å². The zero-order valence-electron chi connectivity index (χ0n) is 11.2. The van der Waals surface area contributed by atoms with Crippen molar-refractivity contribution in [2.75, 3.05) is 6.61 Å². The smallest absolute Gasteiger partial charge is 0.396 e. The van der Waals surface area contributed by atoms with Crippen LogP contribution < -0.4 is 0 Å². The molecule has 0 atom stereocenters. The maximum Gasteiger partial charge on any atom is 0.396 e. The molecule has 1 aromatic carbocycles. The normalized spacial score (nSPS) is 11.0. The highest BCUT2D eigenvalue weighted by Gasteiger charge is 2.16. The van der Waals surface area contributed by atoms with Gasteiger partial charge in [-0.15, -0.1) is 10.2 Å². The molecule has 0 unspecified atom stereocenters. The summed E-state index contributed by atoms with van der Waals surface area (Å²) in [4.78, 5) is 11.5. The molecule has 0 saturated carbocycles. The predicted octanol–water partition coefficient (Wildman–Crippen LogP) is 3.01. The molecule has 7 heteroatoms. The second-order valence-electron chi connectivity index (χ2n) is 4.37. The van der Waals surface area contributed by atoms with E-state index in [1.807, 2.05) is 35.0 Å². The van der Waals surface area contributed by atoms with E-state index in [0.29, 0.717) is 12.4 Å². The molecular formula is C14H12BrN3O3. The predicted molar refractivity (Wildman–Crippen MR) is 79.0 cm³/mol. The van der Waals surface area contributed by atoms with Crippen LogP contribution in [0.25, 0.3) is 10.9 Å². The quantitative estimate of drug-likeness (QED) is 0.677. The van der Waals surface area contributed by atoms with Gasteiger partial charge in [0.2, 0.25) is 5.89 Å². The fourth-order valence-electron chi connectivity index (χ4n) is 2.03. The summed E-state index contributed by atoms with van der Waals surface area (Å²) in [5.74, 6) is -0.364. The first-order chi connectivity index (χ1) is 10.2. The van der Waals surface area contributed by atoms with Gasteiger partial charge in [-0.3, -0.25) is 0 Å². The van der Waals surface area contributed by atoms with Gasteiger partial charge in [-0.25, -0.2) is 4.79 Å². The Morgan fingerprint density at radius 1 is 1.38 bits per heavy atom. The Balaban J connectivity index is 1.85. The summed E-state index contributed by atoms with van der Waals surface area (Å²) in [6.45, 7) is 2.39. The average Bonchev–Trinajstić information content (AvgIpc) is 3.07. The van der Waals surface area contributed by atoms with Gasteiger partial charge >= 0.3 is 11.9 Å². The largest absolute Gasteiger partial charge is 0.459 e. The molecule has 21 heavy (non-hydrogen) atoms. The van der Waals surface area contributed by atoms with Gasteiger partial charge in [0, 0.05) is 16.2 Å². The van der Waals surface area contributed by atoms with Gasteiger partial charge in [-0.1, -0.05) is 22.0 Å². The number of benzene rings is 1. The Morgan fingerprint density at radius 2 is 2.24 bits per heavy atom. The van der Waals surface area contributed by atoms with Gasteiger partial charge in [0.15, 0.2) is 0 Å². The number of hydrogen-bond donors (Lipinski definition) is 0. The number of esters is 1. The van der Waals surface area contributed by atoms with Gasteiger partial charge in [-0.05, 0) is 30.5 Å². The zero-order valence-corrected chi connectivity index (χ0v) is 12.8. The Hall–Kier alpha value is -2.15. The minimum atomic E-state index is -0.601. The number of aromatic nitrogens is 3. The van der Waals surface area contributed by atoms with Gasteiger partial charge in [0.1, 0.15) is 6.54 Å². The Kier molecular flexibility index (Phi) is 3.74. The minimum absolute atomic E-state index is 0.121. The van der Waals surface area contributed by atoms with Crippen molar-refractivity contribution in [2.45, 2.75) is 13.5 Å². The lowest BCUT2D eigenvalue weighted by Gasteiger charge is -2.02. The molecule has 2 aromatic heterocycles. The van der Waals surface area contributed by atoms with Gasteiger partial charge in [0.25, 0.3) is 0 Å². The van der Waals surface area contributed by atoms with Gasteiger partial charge < -0.3 is 13.7 Å². The van der Waals surface area contributed by atoms with Crippen LogP contribution in [0.1, 0.15) is 23.5 Å². The molecule has 2 heterocycles. The summed E-state index contributed by atoms with van der Waals surface area (Å²) in [5, 5.41) is 8.69. The van der Waals surface area contributed by atoms with E-state index in [1.54, 1.807) is 6.92 Å². The van der Waals surface area contributed by atoms with Crippen molar-refractivity contribution in [1.82, 2.24) is 14.8 Å². The van der Waals surface area contributed by atoms with E-state index in [9.17, 15) is 4.79 Å². The lowest BCUT2D eigenvalue weighted by molar-refractivity contribution is 0.0478. The van der Waals surface area contributed by atoms with Crippen molar-refractivity contribution in [2.24, 2.45) is 0 Å². The van der Waals surface area contributed by atoms with E-state index in [2.05, 4.69) is 26.1 Å². The van der Waals surface area contributed by atoms with Crippen molar-refractivity contribution in [3.8, 4) is 0 Å². The number of carbonyl (C=O) groups is 1. The van der Waals surface area contributed by atoms with Crippen LogP contribution in [-0.2, 0) is 11.3 Å². The van der Waals surface area contributed by atoms with Crippen LogP contribution in [0.2, 0.25) is 0 Å². The van der Waals surface area contributed by atoms with Crippen LogP contribution >= 0.6 is 15.9 Å².